The fourth-order valence-electron chi connectivity index (χ4n) is 4.24. The van der Waals surface area contributed by atoms with Crippen molar-refractivity contribution in [2.75, 3.05) is 7.11 Å². The summed E-state index contributed by atoms with van der Waals surface area (Å²) in [7, 11) is 1.40. The fraction of sp³-hybridized carbons (Fsp3) is 0.312. The Hall–Kier alpha value is -4.46. The minimum Gasteiger partial charge on any atom is -0.497 e. The zero-order chi connectivity index (χ0) is 29.5. The maximum absolute atomic E-state index is 14.5. The molecule has 0 bridgehead atoms. The van der Waals surface area contributed by atoms with Gasteiger partial charge in [-0.05, 0) is 64.3 Å². The lowest BCUT2D eigenvalue weighted by Gasteiger charge is -2.33. The highest BCUT2D eigenvalue weighted by Gasteiger charge is 2.55. The van der Waals surface area contributed by atoms with E-state index in [2.05, 4.69) is 0 Å². The number of methoxy groups -OCH3 is 1. The Morgan fingerprint density at radius 2 is 1.45 bits per heavy atom. The predicted molar refractivity (Wildman–Crippen MR) is 152 cm³/mol. The number of carbonyl (C=O) groups is 2. The molecule has 0 N–H and O–H groups in total. The first-order chi connectivity index (χ1) is 18.9. The maximum Gasteiger partial charge on any atom is 0.329 e. The fourth-order valence-corrected chi connectivity index (χ4v) is 4.24. The minimum absolute atomic E-state index is 0.173. The Bertz CT molecular complexity index is 1330. The molecule has 3 aromatic carbocycles. The lowest BCUT2D eigenvalue weighted by molar-refractivity contribution is -0.386. The Kier molecular flexibility index (Phi) is 9.47. The number of nitro groups is 1. The molecule has 1 atom stereocenters. The highest BCUT2D eigenvalue weighted by Crippen LogP contribution is 2.42. The predicted octanol–water partition coefficient (Wildman–Crippen LogP) is 6.87. The van der Waals surface area contributed by atoms with Gasteiger partial charge in [-0.3, -0.25) is 19.7 Å². The van der Waals surface area contributed by atoms with Crippen LogP contribution >= 0.6 is 0 Å². The van der Waals surface area contributed by atoms with Gasteiger partial charge in [0.15, 0.2) is 11.5 Å². The van der Waals surface area contributed by atoms with E-state index in [1.165, 1.54) is 25.3 Å². The maximum atomic E-state index is 14.5. The highest BCUT2D eigenvalue weighted by molar-refractivity contribution is 6.08. The second-order valence-corrected chi connectivity index (χ2v) is 10.6. The van der Waals surface area contributed by atoms with E-state index in [1.807, 2.05) is 74.5 Å². The van der Waals surface area contributed by atoms with Crippen molar-refractivity contribution in [2.24, 2.45) is 0 Å². The van der Waals surface area contributed by atoms with Gasteiger partial charge in [-0.25, -0.2) is 0 Å². The van der Waals surface area contributed by atoms with Crippen LogP contribution in [-0.4, -0.2) is 29.6 Å². The Balaban J connectivity index is 2.33. The van der Waals surface area contributed by atoms with Gasteiger partial charge in [0.25, 0.3) is 5.69 Å². The second kappa shape index (κ2) is 12.6. The van der Waals surface area contributed by atoms with Gasteiger partial charge in [-0.2, -0.15) is 0 Å². The molecule has 0 aliphatic carbocycles. The highest BCUT2D eigenvalue weighted by atomic mass is 16.6. The normalized spacial score (nSPS) is 12.7. The van der Waals surface area contributed by atoms with Crippen molar-refractivity contribution >= 4 is 17.6 Å². The van der Waals surface area contributed by atoms with E-state index >= 15 is 0 Å². The van der Waals surface area contributed by atoms with Gasteiger partial charge < -0.3 is 14.2 Å². The molecule has 0 fully saturated rings. The summed E-state index contributed by atoms with van der Waals surface area (Å²) in [6.45, 7) is 8.61. The molecule has 3 rings (SSSR count). The number of ether oxygens (including phenoxy) is 3. The van der Waals surface area contributed by atoms with E-state index in [0.29, 0.717) is 11.1 Å². The molecule has 0 aliphatic rings. The van der Waals surface area contributed by atoms with Gasteiger partial charge >= 0.3 is 11.9 Å². The third-order valence-electron chi connectivity index (χ3n) is 6.20. The molecule has 3 aromatic rings. The zero-order valence-corrected chi connectivity index (χ0v) is 23.7. The van der Waals surface area contributed by atoms with Gasteiger partial charge in [0.1, 0.15) is 11.4 Å². The van der Waals surface area contributed by atoms with Crippen LogP contribution in [-0.2, 0) is 24.5 Å². The van der Waals surface area contributed by atoms with Crippen LogP contribution < -0.4 is 4.74 Å². The van der Waals surface area contributed by atoms with E-state index in [0.717, 1.165) is 5.57 Å². The standard InChI is InChI=1S/C32H35NO7/c1-22(2)19-20-32(30(35)40-31(3,4)5,26-21-25(38-6)17-18-27(26)33(36)37)29(34)39-28(23-13-9-7-10-14-23)24-15-11-8-12-16-24/h7-19,21,28H,20H2,1-6H3. The molecule has 0 radical (unpaired) electrons. The molecule has 8 heteroatoms. The average molecular weight is 546 g/mol. The number of benzene rings is 3. The number of rotatable bonds is 10. The topological polar surface area (TPSA) is 105 Å². The molecule has 0 aliphatic heterocycles. The van der Waals surface area contributed by atoms with Gasteiger partial charge in [0.2, 0.25) is 0 Å². The van der Waals surface area contributed by atoms with Crippen molar-refractivity contribution < 1.29 is 28.7 Å². The first-order valence-corrected chi connectivity index (χ1v) is 12.9. The largest absolute Gasteiger partial charge is 0.497 e. The smallest absolute Gasteiger partial charge is 0.329 e. The van der Waals surface area contributed by atoms with Crippen molar-refractivity contribution in [1.82, 2.24) is 0 Å². The van der Waals surface area contributed by atoms with Gasteiger partial charge in [-0.1, -0.05) is 72.3 Å². The monoisotopic (exact) mass is 545 g/mol. The lowest BCUT2D eigenvalue weighted by atomic mass is 9.75. The summed E-state index contributed by atoms with van der Waals surface area (Å²) in [6, 6.07) is 22.1. The Morgan fingerprint density at radius 3 is 1.90 bits per heavy atom. The summed E-state index contributed by atoms with van der Waals surface area (Å²) in [5.74, 6) is -1.70. The number of nitrogens with zero attached hydrogens (tertiary/aromatic N) is 1. The van der Waals surface area contributed by atoms with Crippen LogP contribution in [0.5, 0.6) is 5.75 Å². The van der Waals surface area contributed by atoms with Crippen molar-refractivity contribution in [3.63, 3.8) is 0 Å². The molecule has 0 saturated carbocycles. The van der Waals surface area contributed by atoms with Crippen molar-refractivity contribution in [1.29, 1.82) is 0 Å². The first kappa shape index (κ1) is 30.1. The summed E-state index contributed by atoms with van der Waals surface area (Å²) >= 11 is 0. The van der Waals surface area contributed by atoms with Crippen LogP contribution in [0.25, 0.3) is 0 Å². The third-order valence-corrected chi connectivity index (χ3v) is 6.20. The lowest BCUT2D eigenvalue weighted by Crippen LogP contribution is -2.49. The SMILES string of the molecule is COc1ccc([N+](=O)[O-])c(C(CC=C(C)C)(C(=O)OC(c2ccccc2)c2ccccc2)C(=O)OC(C)(C)C)c1. The Morgan fingerprint density at radius 1 is 0.900 bits per heavy atom. The number of hydrogen-bond acceptors (Lipinski definition) is 7. The molecule has 0 amide bonds. The molecule has 0 saturated heterocycles. The molecule has 8 nitrogen and oxygen atoms in total. The Labute approximate surface area is 234 Å². The van der Waals surface area contributed by atoms with Crippen LogP contribution in [0.2, 0.25) is 0 Å². The second-order valence-electron chi connectivity index (χ2n) is 10.6. The summed E-state index contributed by atoms with van der Waals surface area (Å²) in [6.07, 6.45) is 0.551. The van der Waals surface area contributed by atoms with Gasteiger partial charge in [-0.15, -0.1) is 0 Å². The number of allylic oxidation sites excluding steroid dienone is 2. The van der Waals surface area contributed by atoms with Gasteiger partial charge in [0, 0.05) is 6.07 Å². The zero-order valence-electron chi connectivity index (χ0n) is 23.7. The van der Waals surface area contributed by atoms with Gasteiger partial charge in [0.05, 0.1) is 17.6 Å². The first-order valence-electron chi connectivity index (χ1n) is 12.9. The van der Waals surface area contributed by atoms with E-state index < -0.39 is 39.7 Å². The van der Waals surface area contributed by atoms with Crippen molar-refractivity contribution in [2.45, 2.75) is 58.2 Å². The summed E-state index contributed by atoms with van der Waals surface area (Å²) in [4.78, 5) is 40.3. The van der Waals surface area contributed by atoms with E-state index in [-0.39, 0.29) is 17.7 Å². The summed E-state index contributed by atoms with van der Waals surface area (Å²) in [5.41, 5.74) is -1.68. The molecule has 0 spiro atoms. The molecule has 0 heterocycles. The number of hydrogen-bond donors (Lipinski definition) is 0. The number of carbonyl (C=O) groups excluding carboxylic acids is 2. The quantitative estimate of drug-likeness (QED) is 0.0900. The van der Waals surface area contributed by atoms with Crippen LogP contribution in [0.15, 0.2) is 90.5 Å². The van der Waals surface area contributed by atoms with E-state index in [4.69, 9.17) is 14.2 Å². The average Bonchev–Trinajstić information content (AvgIpc) is 2.91. The minimum atomic E-state index is -2.22. The van der Waals surface area contributed by atoms with E-state index in [1.54, 1.807) is 26.8 Å². The third kappa shape index (κ3) is 6.94. The molecular formula is C32H35NO7. The number of nitro benzene ring substituents is 1. The van der Waals surface area contributed by atoms with Crippen LogP contribution in [0, 0.1) is 10.1 Å². The number of esters is 2. The van der Waals surface area contributed by atoms with Crippen molar-refractivity contribution in [3.05, 3.63) is 117 Å². The molecule has 40 heavy (non-hydrogen) atoms. The molecule has 210 valence electrons. The van der Waals surface area contributed by atoms with E-state index in [9.17, 15) is 19.7 Å². The van der Waals surface area contributed by atoms with Crippen LogP contribution in [0.1, 0.15) is 63.8 Å². The molecular weight excluding hydrogens is 510 g/mol. The summed E-state index contributed by atoms with van der Waals surface area (Å²) in [5, 5.41) is 12.2. The van der Waals surface area contributed by atoms with Crippen LogP contribution in [0.4, 0.5) is 5.69 Å². The molecule has 1 unspecified atom stereocenters. The van der Waals surface area contributed by atoms with Crippen LogP contribution in [0.3, 0.4) is 0 Å². The van der Waals surface area contributed by atoms with Crippen molar-refractivity contribution in [3.8, 4) is 5.75 Å². The summed E-state index contributed by atoms with van der Waals surface area (Å²) < 4.78 is 17.3. The molecule has 0 aromatic heterocycles.